The number of aliphatic carboxylic acids is 2. The van der Waals surface area contributed by atoms with Crippen LogP contribution in [0.4, 0.5) is 4.79 Å². The summed E-state index contributed by atoms with van der Waals surface area (Å²) in [5.74, 6) is -5.05. The predicted octanol–water partition coefficient (Wildman–Crippen LogP) is 2.37. The van der Waals surface area contributed by atoms with Gasteiger partial charge >= 0.3 is 24.0 Å². The minimum atomic E-state index is -1.41. The molecule has 1 aromatic rings. The highest BCUT2D eigenvalue weighted by molar-refractivity contribution is 5.93. The first-order valence-corrected chi connectivity index (χ1v) is 13.3. The molecule has 0 unspecified atom stereocenters. The van der Waals surface area contributed by atoms with Crippen molar-refractivity contribution >= 4 is 35.8 Å². The highest BCUT2D eigenvalue weighted by atomic mass is 16.6. The van der Waals surface area contributed by atoms with E-state index in [1.165, 1.54) is 0 Å². The summed E-state index contributed by atoms with van der Waals surface area (Å²) in [7, 11) is 0. The van der Waals surface area contributed by atoms with Gasteiger partial charge in [-0.25, -0.2) is 9.59 Å². The van der Waals surface area contributed by atoms with Crippen LogP contribution in [-0.2, 0) is 40.1 Å². The molecule has 0 aliphatic carbocycles. The maximum Gasteiger partial charge on any atom is 0.408 e. The molecule has 0 saturated heterocycles. The second kappa shape index (κ2) is 16.8. The summed E-state index contributed by atoms with van der Waals surface area (Å²) in [6.45, 7) is 8.48. The van der Waals surface area contributed by atoms with Gasteiger partial charge in [0.05, 0.1) is 0 Å². The summed E-state index contributed by atoms with van der Waals surface area (Å²) in [5.41, 5.74) is -0.156. The van der Waals surface area contributed by atoms with Gasteiger partial charge in [0.25, 0.3) is 0 Å². The Morgan fingerprint density at radius 2 is 1.29 bits per heavy atom. The van der Waals surface area contributed by atoms with Crippen molar-refractivity contribution in [2.24, 2.45) is 5.92 Å². The molecule has 0 aliphatic rings. The van der Waals surface area contributed by atoms with E-state index in [4.69, 9.17) is 19.7 Å². The molecule has 0 fully saturated rings. The number of carboxylic acids is 2. The van der Waals surface area contributed by atoms with Crippen molar-refractivity contribution in [3.05, 3.63) is 35.9 Å². The number of carboxylic acid groups (broad SMARTS) is 2. The molecule has 3 atom stereocenters. The third kappa shape index (κ3) is 15.3. The largest absolute Gasteiger partial charge is 0.481 e. The van der Waals surface area contributed by atoms with Crippen molar-refractivity contribution in [3.63, 3.8) is 0 Å². The lowest BCUT2D eigenvalue weighted by atomic mass is 10.0. The van der Waals surface area contributed by atoms with Crippen LogP contribution in [0.1, 0.15) is 72.3 Å². The first-order valence-electron chi connectivity index (χ1n) is 13.3. The maximum atomic E-state index is 13.2. The molecule has 3 amide bonds. The average molecular weight is 580 g/mol. The van der Waals surface area contributed by atoms with E-state index in [9.17, 15) is 28.8 Å². The van der Waals surface area contributed by atoms with Gasteiger partial charge in [-0.15, -0.1) is 0 Å². The zero-order valence-corrected chi connectivity index (χ0v) is 24.1. The van der Waals surface area contributed by atoms with E-state index in [1.807, 2.05) is 13.8 Å². The Kier molecular flexibility index (Phi) is 14.3. The number of rotatable bonds is 16. The van der Waals surface area contributed by atoms with E-state index in [1.54, 1.807) is 51.1 Å². The summed E-state index contributed by atoms with van der Waals surface area (Å²) >= 11 is 0. The summed E-state index contributed by atoms with van der Waals surface area (Å²) in [6, 6.07) is 4.80. The third-order valence-electron chi connectivity index (χ3n) is 5.47. The first kappa shape index (κ1) is 34.9. The fraction of sp³-hybridized carbons (Fsp3) is 0.571. The summed E-state index contributed by atoms with van der Waals surface area (Å²) in [6.07, 6.45) is -2.26. The van der Waals surface area contributed by atoms with Crippen molar-refractivity contribution in [2.45, 2.75) is 97.1 Å². The minimum Gasteiger partial charge on any atom is -0.481 e. The number of hydrogen-bond acceptors (Lipinski definition) is 8. The number of esters is 1. The molecular weight excluding hydrogens is 538 g/mol. The van der Waals surface area contributed by atoms with Crippen molar-refractivity contribution in [2.75, 3.05) is 0 Å². The van der Waals surface area contributed by atoms with Crippen molar-refractivity contribution < 1.29 is 48.5 Å². The summed E-state index contributed by atoms with van der Waals surface area (Å²) in [5, 5.41) is 25.6. The van der Waals surface area contributed by atoms with E-state index in [2.05, 4.69) is 16.0 Å². The van der Waals surface area contributed by atoms with Gasteiger partial charge in [-0.1, -0.05) is 44.2 Å². The van der Waals surface area contributed by atoms with Crippen LogP contribution in [0.25, 0.3) is 0 Å². The molecule has 0 aliphatic heterocycles. The molecule has 0 spiro atoms. The molecule has 0 bridgehead atoms. The standard InChI is InChI=1S/C28H41N3O10/c1-17(2)15-21(31-27(39)41-28(3,4)5)25(37)29-19(11-13-22(32)33)24(36)30-20(12-14-23(34)35)26(38)40-16-18-9-7-6-8-10-18/h6-10,17,19-21H,11-16H2,1-5H3,(H,29,37)(H,30,36)(H,31,39)(H,32,33)(H,34,35)/t19-,20-,21-/m0/s1. The molecule has 0 heterocycles. The fourth-order valence-corrected chi connectivity index (χ4v) is 3.58. The fourth-order valence-electron chi connectivity index (χ4n) is 3.58. The van der Waals surface area contributed by atoms with Crippen LogP contribution >= 0.6 is 0 Å². The number of nitrogens with one attached hydrogen (secondary N) is 3. The number of ether oxygens (including phenoxy) is 2. The van der Waals surface area contributed by atoms with Gasteiger partial charge in [0, 0.05) is 12.8 Å². The van der Waals surface area contributed by atoms with Crippen LogP contribution in [0, 0.1) is 5.92 Å². The van der Waals surface area contributed by atoms with Crippen LogP contribution < -0.4 is 16.0 Å². The number of carbonyl (C=O) groups excluding carboxylic acids is 4. The summed E-state index contributed by atoms with van der Waals surface area (Å²) in [4.78, 5) is 73.8. The van der Waals surface area contributed by atoms with Crippen LogP contribution in [-0.4, -0.2) is 69.8 Å². The van der Waals surface area contributed by atoms with E-state index < -0.39 is 72.4 Å². The topological polar surface area (TPSA) is 197 Å². The molecule has 0 radical (unpaired) electrons. The molecule has 41 heavy (non-hydrogen) atoms. The molecule has 0 saturated carbocycles. The third-order valence-corrected chi connectivity index (χ3v) is 5.47. The van der Waals surface area contributed by atoms with Crippen molar-refractivity contribution in [1.82, 2.24) is 16.0 Å². The van der Waals surface area contributed by atoms with Gasteiger partial charge in [-0.05, 0) is 51.5 Å². The van der Waals surface area contributed by atoms with E-state index >= 15 is 0 Å². The predicted molar refractivity (Wildman–Crippen MR) is 146 cm³/mol. The van der Waals surface area contributed by atoms with E-state index in [0.29, 0.717) is 5.56 Å². The minimum absolute atomic E-state index is 0.0493. The lowest BCUT2D eigenvalue weighted by Gasteiger charge is -2.26. The van der Waals surface area contributed by atoms with Gasteiger partial charge in [-0.2, -0.15) is 0 Å². The van der Waals surface area contributed by atoms with Crippen LogP contribution in [0.3, 0.4) is 0 Å². The lowest BCUT2D eigenvalue weighted by molar-refractivity contribution is -0.150. The van der Waals surface area contributed by atoms with Gasteiger partial charge in [0.2, 0.25) is 11.8 Å². The Morgan fingerprint density at radius 1 is 0.780 bits per heavy atom. The van der Waals surface area contributed by atoms with E-state index in [-0.39, 0.29) is 31.8 Å². The smallest absolute Gasteiger partial charge is 0.408 e. The maximum absolute atomic E-state index is 13.2. The Balaban J connectivity index is 3.07. The number of amides is 3. The second-order valence-electron chi connectivity index (χ2n) is 10.9. The quantitative estimate of drug-likeness (QED) is 0.181. The highest BCUT2D eigenvalue weighted by Gasteiger charge is 2.32. The highest BCUT2D eigenvalue weighted by Crippen LogP contribution is 2.11. The first-order chi connectivity index (χ1) is 19.1. The number of carbonyl (C=O) groups is 6. The zero-order chi connectivity index (χ0) is 31.2. The zero-order valence-electron chi connectivity index (χ0n) is 24.1. The van der Waals surface area contributed by atoms with Gasteiger partial charge in [-0.3, -0.25) is 19.2 Å². The van der Waals surface area contributed by atoms with Crippen LogP contribution in [0.15, 0.2) is 30.3 Å². The number of benzene rings is 1. The molecule has 0 aromatic heterocycles. The van der Waals surface area contributed by atoms with Crippen LogP contribution in [0.5, 0.6) is 0 Å². The van der Waals surface area contributed by atoms with Gasteiger partial charge < -0.3 is 35.6 Å². The molecule has 1 aromatic carbocycles. The van der Waals surface area contributed by atoms with Crippen molar-refractivity contribution in [1.29, 1.82) is 0 Å². The van der Waals surface area contributed by atoms with Crippen molar-refractivity contribution in [3.8, 4) is 0 Å². The lowest BCUT2D eigenvalue weighted by Crippen LogP contribution is -2.56. The molecule has 228 valence electrons. The molecule has 13 heteroatoms. The monoisotopic (exact) mass is 579 g/mol. The Bertz CT molecular complexity index is 1050. The Morgan fingerprint density at radius 3 is 1.80 bits per heavy atom. The van der Waals surface area contributed by atoms with Gasteiger partial charge in [0.1, 0.15) is 30.3 Å². The normalized spacial score (nSPS) is 13.3. The Labute approximate surface area is 239 Å². The van der Waals surface area contributed by atoms with E-state index in [0.717, 1.165) is 0 Å². The SMILES string of the molecule is CC(C)C[C@H](NC(=O)OC(C)(C)C)C(=O)N[C@@H](CCC(=O)O)C(=O)N[C@@H](CCC(=O)O)C(=O)OCc1ccccc1. The molecule has 1 rings (SSSR count). The number of hydrogen-bond donors (Lipinski definition) is 5. The molecule has 13 nitrogen and oxygen atoms in total. The molecular formula is C28H41N3O10. The number of alkyl carbamates (subject to hydrolysis) is 1. The second-order valence-corrected chi connectivity index (χ2v) is 10.9. The Hall–Kier alpha value is -4.16. The van der Waals surface area contributed by atoms with Crippen LogP contribution in [0.2, 0.25) is 0 Å². The summed E-state index contributed by atoms with van der Waals surface area (Å²) < 4.78 is 10.5. The average Bonchev–Trinajstić information content (AvgIpc) is 2.85. The van der Waals surface area contributed by atoms with Gasteiger partial charge in [0.15, 0.2) is 0 Å². The molecule has 5 N–H and O–H groups in total.